The molecule has 16 heavy (non-hydrogen) atoms. The van der Waals surface area contributed by atoms with Gasteiger partial charge >= 0.3 is 0 Å². The lowest BCUT2D eigenvalue weighted by Crippen LogP contribution is -1.87. The summed E-state index contributed by atoms with van der Waals surface area (Å²) in [6.07, 6.45) is 0. The molecule has 0 bridgehead atoms. The Hall–Kier alpha value is -0.390. The maximum absolute atomic E-state index is 5.86. The molecule has 0 saturated heterocycles. The minimum Gasteiger partial charge on any atom is -0.334 e. The van der Waals surface area contributed by atoms with Crippen molar-refractivity contribution in [3.63, 3.8) is 0 Å². The molecule has 0 aliphatic carbocycles. The molecule has 0 amide bonds. The van der Waals surface area contributed by atoms with Gasteiger partial charge in [-0.25, -0.2) is 0 Å². The van der Waals surface area contributed by atoms with Gasteiger partial charge < -0.3 is 4.52 Å². The Bertz CT molecular complexity index is 513. The van der Waals surface area contributed by atoms with Crippen molar-refractivity contribution in [2.24, 2.45) is 0 Å². The first kappa shape index (κ1) is 12.1. The Balaban J connectivity index is 2.42. The van der Waals surface area contributed by atoms with Gasteiger partial charge in [0.05, 0.1) is 10.9 Å². The minimum absolute atomic E-state index is 0.258. The van der Waals surface area contributed by atoms with Crippen molar-refractivity contribution in [3.8, 4) is 11.5 Å². The van der Waals surface area contributed by atoms with Crippen LogP contribution in [0.2, 0.25) is 0 Å². The molecular formula is C10H7Br2ClN2O. The molecule has 0 aliphatic rings. The number of hydrogen-bond acceptors (Lipinski definition) is 3. The summed E-state index contributed by atoms with van der Waals surface area (Å²) in [6.45, 7) is 1.80. The predicted molar refractivity (Wildman–Crippen MR) is 69.4 cm³/mol. The SMILES string of the molecule is CC(Cl)c1noc(-c2ccc(Br)cc2Br)n1. The third-order valence-corrected chi connectivity index (χ3v) is 3.30. The molecule has 3 nitrogen and oxygen atoms in total. The molecule has 2 rings (SSSR count). The first-order chi connectivity index (χ1) is 7.58. The van der Waals surface area contributed by atoms with E-state index < -0.39 is 0 Å². The van der Waals surface area contributed by atoms with Gasteiger partial charge in [0.25, 0.3) is 5.89 Å². The van der Waals surface area contributed by atoms with Gasteiger partial charge in [-0.2, -0.15) is 4.98 Å². The number of hydrogen-bond donors (Lipinski definition) is 0. The molecule has 0 fully saturated rings. The van der Waals surface area contributed by atoms with Crippen molar-refractivity contribution in [1.29, 1.82) is 0 Å². The summed E-state index contributed by atoms with van der Waals surface area (Å²) in [6, 6.07) is 5.72. The van der Waals surface area contributed by atoms with Crippen molar-refractivity contribution in [3.05, 3.63) is 33.0 Å². The fourth-order valence-electron chi connectivity index (χ4n) is 1.17. The van der Waals surface area contributed by atoms with Gasteiger partial charge in [-0.3, -0.25) is 0 Å². The van der Waals surface area contributed by atoms with E-state index in [0.717, 1.165) is 14.5 Å². The maximum atomic E-state index is 5.86. The van der Waals surface area contributed by atoms with Gasteiger partial charge in [-0.15, -0.1) is 11.6 Å². The van der Waals surface area contributed by atoms with E-state index in [2.05, 4.69) is 42.0 Å². The van der Waals surface area contributed by atoms with Crippen LogP contribution in [-0.4, -0.2) is 10.1 Å². The summed E-state index contributed by atoms with van der Waals surface area (Å²) >= 11 is 12.7. The van der Waals surface area contributed by atoms with Crippen molar-refractivity contribution in [2.75, 3.05) is 0 Å². The minimum atomic E-state index is -0.258. The number of alkyl halides is 1. The highest BCUT2D eigenvalue weighted by molar-refractivity contribution is 9.11. The zero-order valence-electron chi connectivity index (χ0n) is 8.25. The summed E-state index contributed by atoms with van der Waals surface area (Å²) in [7, 11) is 0. The van der Waals surface area contributed by atoms with Gasteiger partial charge in [-0.1, -0.05) is 21.1 Å². The van der Waals surface area contributed by atoms with E-state index in [1.807, 2.05) is 18.2 Å². The summed E-state index contributed by atoms with van der Waals surface area (Å²) in [5.41, 5.74) is 0.847. The Labute approximate surface area is 114 Å². The summed E-state index contributed by atoms with van der Waals surface area (Å²) in [5, 5.41) is 3.55. The molecule has 1 aromatic carbocycles. The van der Waals surface area contributed by atoms with E-state index in [1.165, 1.54) is 0 Å². The van der Waals surface area contributed by atoms with Gasteiger partial charge in [0.2, 0.25) is 0 Å². The molecule has 1 aromatic heterocycles. The predicted octanol–water partition coefficient (Wildman–Crippen LogP) is 4.56. The lowest BCUT2D eigenvalue weighted by atomic mass is 10.2. The number of rotatable bonds is 2. The molecule has 2 aromatic rings. The Kier molecular flexibility index (Phi) is 3.66. The van der Waals surface area contributed by atoms with Crippen molar-refractivity contribution >= 4 is 43.5 Å². The molecule has 1 unspecified atom stereocenters. The number of aromatic nitrogens is 2. The van der Waals surface area contributed by atoms with Gasteiger partial charge in [0.15, 0.2) is 5.82 Å². The van der Waals surface area contributed by atoms with Crippen LogP contribution in [0.4, 0.5) is 0 Å². The fourth-order valence-corrected chi connectivity index (χ4v) is 2.47. The highest BCUT2D eigenvalue weighted by atomic mass is 79.9. The van der Waals surface area contributed by atoms with E-state index in [-0.39, 0.29) is 5.38 Å². The number of benzene rings is 1. The molecule has 1 atom stereocenters. The molecule has 0 radical (unpaired) electrons. The van der Waals surface area contributed by atoms with Crippen LogP contribution in [0.25, 0.3) is 11.5 Å². The second kappa shape index (κ2) is 4.85. The highest BCUT2D eigenvalue weighted by Crippen LogP contribution is 2.30. The number of halogens is 3. The van der Waals surface area contributed by atoms with Gasteiger partial charge in [0, 0.05) is 8.95 Å². The Morgan fingerprint density at radius 2 is 2.12 bits per heavy atom. The van der Waals surface area contributed by atoms with Crippen molar-refractivity contribution < 1.29 is 4.52 Å². The van der Waals surface area contributed by atoms with Crippen LogP contribution in [0.3, 0.4) is 0 Å². The maximum Gasteiger partial charge on any atom is 0.259 e. The van der Waals surface area contributed by atoms with Crippen LogP contribution in [0.1, 0.15) is 18.1 Å². The normalized spacial score (nSPS) is 12.8. The van der Waals surface area contributed by atoms with Crippen LogP contribution < -0.4 is 0 Å². The number of nitrogens with zero attached hydrogens (tertiary/aromatic N) is 2. The molecule has 1 heterocycles. The van der Waals surface area contributed by atoms with Crippen molar-refractivity contribution in [1.82, 2.24) is 10.1 Å². The van der Waals surface area contributed by atoms with E-state index >= 15 is 0 Å². The molecule has 0 aliphatic heterocycles. The zero-order chi connectivity index (χ0) is 11.7. The summed E-state index contributed by atoms with van der Waals surface area (Å²) < 4.78 is 7.01. The second-order valence-electron chi connectivity index (χ2n) is 3.20. The smallest absolute Gasteiger partial charge is 0.259 e. The molecule has 0 N–H and O–H groups in total. The van der Waals surface area contributed by atoms with E-state index in [4.69, 9.17) is 16.1 Å². The lowest BCUT2D eigenvalue weighted by molar-refractivity contribution is 0.422. The molecule has 6 heteroatoms. The monoisotopic (exact) mass is 364 g/mol. The lowest BCUT2D eigenvalue weighted by Gasteiger charge is -1.98. The summed E-state index contributed by atoms with van der Waals surface area (Å²) in [5.74, 6) is 0.952. The van der Waals surface area contributed by atoms with Gasteiger partial charge in [-0.05, 0) is 41.1 Å². The fraction of sp³-hybridized carbons (Fsp3) is 0.200. The Morgan fingerprint density at radius 3 is 2.69 bits per heavy atom. The first-order valence-corrected chi connectivity index (χ1v) is 6.53. The molecular weight excluding hydrogens is 359 g/mol. The quantitative estimate of drug-likeness (QED) is 0.732. The molecule has 0 spiro atoms. The van der Waals surface area contributed by atoms with Crippen molar-refractivity contribution in [2.45, 2.75) is 12.3 Å². The standard InChI is InChI=1S/C10H7Br2ClN2O/c1-5(13)9-14-10(16-15-9)7-3-2-6(11)4-8(7)12/h2-5H,1H3. The first-order valence-electron chi connectivity index (χ1n) is 4.51. The van der Waals surface area contributed by atoms with Crippen LogP contribution in [0, 0.1) is 0 Å². The average molecular weight is 366 g/mol. The largest absolute Gasteiger partial charge is 0.334 e. The van der Waals surface area contributed by atoms with Crippen LogP contribution >= 0.6 is 43.5 Å². The third kappa shape index (κ3) is 2.47. The molecule has 84 valence electrons. The van der Waals surface area contributed by atoms with E-state index in [1.54, 1.807) is 6.92 Å². The zero-order valence-corrected chi connectivity index (χ0v) is 12.2. The average Bonchev–Trinajstić information content (AvgIpc) is 2.66. The third-order valence-electron chi connectivity index (χ3n) is 1.96. The highest BCUT2D eigenvalue weighted by Gasteiger charge is 2.14. The van der Waals surface area contributed by atoms with Crippen LogP contribution in [-0.2, 0) is 0 Å². The van der Waals surface area contributed by atoms with E-state index in [0.29, 0.717) is 11.7 Å². The summed E-state index contributed by atoms with van der Waals surface area (Å²) in [4.78, 5) is 4.22. The second-order valence-corrected chi connectivity index (χ2v) is 5.62. The molecule has 0 saturated carbocycles. The van der Waals surface area contributed by atoms with E-state index in [9.17, 15) is 0 Å². The van der Waals surface area contributed by atoms with Crippen LogP contribution in [0.15, 0.2) is 31.7 Å². The topological polar surface area (TPSA) is 38.9 Å². The van der Waals surface area contributed by atoms with Crippen LogP contribution in [0.5, 0.6) is 0 Å². The Morgan fingerprint density at radius 1 is 1.38 bits per heavy atom. The van der Waals surface area contributed by atoms with Gasteiger partial charge in [0.1, 0.15) is 0 Å².